The van der Waals surface area contributed by atoms with E-state index in [4.69, 9.17) is 4.42 Å². The Labute approximate surface area is 360 Å². The van der Waals surface area contributed by atoms with Gasteiger partial charge in [-0.2, -0.15) is 0 Å². The molecule has 0 unspecified atom stereocenters. The predicted octanol–water partition coefficient (Wildman–Crippen LogP) is 17.2. The summed E-state index contributed by atoms with van der Waals surface area (Å²) in [5.41, 5.74) is 14.5. The number of rotatable bonds is 7. The fraction of sp³-hybridized carbons (Fsp3) is 0. The highest BCUT2D eigenvalue weighted by atomic mass is 16.3. The molecule has 0 atom stereocenters. The third-order valence-electron chi connectivity index (χ3n) is 12.5. The van der Waals surface area contributed by atoms with Gasteiger partial charge >= 0.3 is 0 Å². The third kappa shape index (κ3) is 6.04. The molecule has 0 aliphatic heterocycles. The highest BCUT2D eigenvalue weighted by Gasteiger charge is 2.20. The van der Waals surface area contributed by atoms with Crippen LogP contribution in [0.15, 0.2) is 241 Å². The molecular weight excluding hydrogens is 751 g/mol. The van der Waals surface area contributed by atoms with E-state index in [1.165, 1.54) is 60.1 Å². The van der Waals surface area contributed by atoms with Crippen molar-refractivity contribution in [2.24, 2.45) is 0 Å². The largest absolute Gasteiger partial charge is 0.456 e. The van der Waals surface area contributed by atoms with Gasteiger partial charge in [0, 0.05) is 27.7 Å². The van der Waals surface area contributed by atoms with Gasteiger partial charge in [0.05, 0.1) is 5.69 Å². The van der Waals surface area contributed by atoms with Crippen molar-refractivity contribution >= 4 is 71.3 Å². The van der Waals surface area contributed by atoms with E-state index in [0.29, 0.717) is 0 Å². The first-order valence-electron chi connectivity index (χ1n) is 21.2. The Kier molecular flexibility index (Phi) is 8.53. The minimum absolute atomic E-state index is 0.896. The number of fused-ring (bicyclic) bond motifs is 7. The van der Waals surface area contributed by atoms with Gasteiger partial charge < -0.3 is 9.32 Å². The second-order valence-corrected chi connectivity index (χ2v) is 16.0. The van der Waals surface area contributed by atoms with E-state index in [-0.39, 0.29) is 0 Å². The van der Waals surface area contributed by atoms with Crippen molar-refractivity contribution in [2.75, 3.05) is 4.90 Å². The van der Waals surface area contributed by atoms with Crippen molar-refractivity contribution in [2.45, 2.75) is 0 Å². The van der Waals surface area contributed by atoms with Crippen molar-refractivity contribution in [3.8, 4) is 44.5 Å². The second-order valence-electron chi connectivity index (χ2n) is 16.0. The topological polar surface area (TPSA) is 16.4 Å². The molecule has 1 aromatic heterocycles. The summed E-state index contributed by atoms with van der Waals surface area (Å²) in [6.45, 7) is 0. The average Bonchev–Trinajstić information content (AvgIpc) is 3.72. The summed E-state index contributed by atoms with van der Waals surface area (Å²) >= 11 is 0. The van der Waals surface area contributed by atoms with Gasteiger partial charge in [0.15, 0.2) is 0 Å². The van der Waals surface area contributed by atoms with Crippen LogP contribution in [0.5, 0.6) is 0 Å². The SMILES string of the molecule is c1ccc(-c2cccc3cccc(-c4ccccc4N(c4ccc(-c5ccc6c(c5)oc5ccccc56)cc4)c4ccc(-c5cccc6c5ccc5ccccc56)cc4)c23)cc1. The second kappa shape index (κ2) is 14.8. The number of hydrogen-bond donors (Lipinski definition) is 0. The van der Waals surface area contributed by atoms with Crippen molar-refractivity contribution in [1.82, 2.24) is 0 Å². The van der Waals surface area contributed by atoms with Crippen LogP contribution in [-0.4, -0.2) is 0 Å². The summed E-state index contributed by atoms with van der Waals surface area (Å²) in [7, 11) is 0. The molecule has 2 nitrogen and oxygen atoms in total. The van der Waals surface area contributed by atoms with Gasteiger partial charge in [0.2, 0.25) is 0 Å². The summed E-state index contributed by atoms with van der Waals surface area (Å²) in [5.74, 6) is 0. The van der Waals surface area contributed by atoms with Crippen molar-refractivity contribution in [3.05, 3.63) is 237 Å². The van der Waals surface area contributed by atoms with E-state index in [9.17, 15) is 0 Å². The molecule has 11 aromatic carbocycles. The Morgan fingerprint density at radius 3 is 1.65 bits per heavy atom. The van der Waals surface area contributed by atoms with Gasteiger partial charge in [-0.05, 0) is 120 Å². The molecule has 0 aliphatic carbocycles. The summed E-state index contributed by atoms with van der Waals surface area (Å²) < 4.78 is 6.29. The van der Waals surface area contributed by atoms with Gasteiger partial charge in [-0.15, -0.1) is 0 Å². The molecule has 0 radical (unpaired) electrons. The summed E-state index contributed by atoms with van der Waals surface area (Å²) in [6.07, 6.45) is 0. The quantitative estimate of drug-likeness (QED) is 0.150. The Bertz CT molecular complexity index is 3610. The van der Waals surface area contributed by atoms with Gasteiger partial charge in [-0.1, -0.05) is 188 Å². The van der Waals surface area contributed by atoms with Crippen LogP contribution in [-0.2, 0) is 0 Å². The summed E-state index contributed by atoms with van der Waals surface area (Å²) in [6, 6.07) is 85.6. The molecule has 1 heterocycles. The maximum absolute atomic E-state index is 6.29. The smallest absolute Gasteiger partial charge is 0.136 e. The van der Waals surface area contributed by atoms with E-state index < -0.39 is 0 Å². The maximum Gasteiger partial charge on any atom is 0.136 e. The Morgan fingerprint density at radius 2 is 0.823 bits per heavy atom. The molecule has 0 bridgehead atoms. The number of nitrogens with zero attached hydrogens (tertiary/aromatic N) is 1. The fourth-order valence-corrected chi connectivity index (χ4v) is 9.54. The number of anilines is 3. The summed E-state index contributed by atoms with van der Waals surface area (Å²) in [5, 5.41) is 9.77. The standard InChI is InChI=1S/C60H39NO/c1-2-13-41(14-3-1)50-22-10-16-44-17-11-24-56(60(44)50)53-19-6-8-25-57(53)61(46-33-27-40(28-34-46)45-32-38-55-54-20-7-9-26-58(54)62-59(55)39-45)47-35-29-43(30-36-47)49-21-12-23-51-48-18-5-4-15-42(48)31-37-52(49)51/h1-39H. The van der Waals surface area contributed by atoms with Crippen LogP contribution in [0.3, 0.4) is 0 Å². The first-order chi connectivity index (χ1) is 30.7. The first kappa shape index (κ1) is 35.7. The minimum Gasteiger partial charge on any atom is -0.456 e. The Hall–Kier alpha value is -8.20. The first-order valence-corrected chi connectivity index (χ1v) is 21.2. The molecule has 0 aliphatic rings. The van der Waals surface area contributed by atoms with Gasteiger partial charge in [0.25, 0.3) is 0 Å². The van der Waals surface area contributed by atoms with E-state index in [2.05, 4.69) is 229 Å². The van der Waals surface area contributed by atoms with Crippen LogP contribution in [0.4, 0.5) is 17.1 Å². The highest BCUT2D eigenvalue weighted by Crippen LogP contribution is 2.46. The molecule has 12 rings (SSSR count). The number of benzene rings is 11. The Morgan fingerprint density at radius 1 is 0.274 bits per heavy atom. The molecule has 62 heavy (non-hydrogen) atoms. The minimum atomic E-state index is 0.896. The molecule has 0 amide bonds. The number of para-hydroxylation sites is 2. The van der Waals surface area contributed by atoms with Crippen LogP contribution < -0.4 is 4.90 Å². The monoisotopic (exact) mass is 789 g/mol. The van der Waals surface area contributed by atoms with Crippen LogP contribution in [0.25, 0.3) is 98.8 Å². The van der Waals surface area contributed by atoms with Gasteiger partial charge in [-0.25, -0.2) is 0 Å². The van der Waals surface area contributed by atoms with Crippen molar-refractivity contribution in [1.29, 1.82) is 0 Å². The van der Waals surface area contributed by atoms with Crippen molar-refractivity contribution in [3.63, 3.8) is 0 Å². The fourth-order valence-electron chi connectivity index (χ4n) is 9.54. The summed E-state index contributed by atoms with van der Waals surface area (Å²) in [4.78, 5) is 2.41. The normalized spacial score (nSPS) is 11.5. The predicted molar refractivity (Wildman–Crippen MR) is 263 cm³/mol. The molecule has 12 aromatic rings. The van der Waals surface area contributed by atoms with Crippen LogP contribution in [0.2, 0.25) is 0 Å². The van der Waals surface area contributed by atoms with Crippen LogP contribution in [0, 0.1) is 0 Å². The lowest BCUT2D eigenvalue weighted by atomic mass is 9.90. The molecule has 0 saturated heterocycles. The number of furan rings is 1. The van der Waals surface area contributed by atoms with Crippen LogP contribution >= 0.6 is 0 Å². The van der Waals surface area contributed by atoms with E-state index >= 15 is 0 Å². The molecule has 0 N–H and O–H groups in total. The molecule has 290 valence electrons. The van der Waals surface area contributed by atoms with E-state index in [1.54, 1.807) is 0 Å². The highest BCUT2D eigenvalue weighted by molar-refractivity contribution is 6.13. The van der Waals surface area contributed by atoms with E-state index in [0.717, 1.165) is 55.7 Å². The zero-order valence-electron chi connectivity index (χ0n) is 33.9. The lowest BCUT2D eigenvalue weighted by Gasteiger charge is -2.29. The van der Waals surface area contributed by atoms with Gasteiger partial charge in [-0.3, -0.25) is 0 Å². The van der Waals surface area contributed by atoms with E-state index in [1.807, 2.05) is 12.1 Å². The molecule has 0 spiro atoms. The molecular formula is C60H39NO. The lowest BCUT2D eigenvalue weighted by Crippen LogP contribution is -2.11. The Balaban J connectivity index is 1.01. The van der Waals surface area contributed by atoms with Gasteiger partial charge in [0.1, 0.15) is 11.2 Å². The zero-order chi connectivity index (χ0) is 41.0. The molecule has 2 heteroatoms. The van der Waals surface area contributed by atoms with Crippen molar-refractivity contribution < 1.29 is 4.42 Å². The maximum atomic E-state index is 6.29. The number of hydrogen-bond acceptors (Lipinski definition) is 2. The van der Waals surface area contributed by atoms with Crippen LogP contribution in [0.1, 0.15) is 0 Å². The zero-order valence-corrected chi connectivity index (χ0v) is 33.9. The molecule has 0 saturated carbocycles. The third-order valence-corrected chi connectivity index (χ3v) is 12.5. The lowest BCUT2D eigenvalue weighted by molar-refractivity contribution is 0.669. The molecule has 0 fully saturated rings. The average molecular weight is 790 g/mol.